The zero-order chi connectivity index (χ0) is 22.5. The van der Waals surface area contributed by atoms with E-state index in [-0.39, 0.29) is 6.10 Å². The van der Waals surface area contributed by atoms with Gasteiger partial charge in [0.25, 0.3) is 0 Å². The van der Waals surface area contributed by atoms with Gasteiger partial charge in [-0.2, -0.15) is 0 Å². The third-order valence-electron chi connectivity index (χ3n) is 4.65. The van der Waals surface area contributed by atoms with Crippen LogP contribution in [-0.2, 0) is 6.54 Å². The molecule has 164 valence electrons. The second-order valence-electron chi connectivity index (χ2n) is 7.13. The van der Waals surface area contributed by atoms with Crippen molar-refractivity contribution >= 4 is 28.7 Å². The summed E-state index contributed by atoms with van der Waals surface area (Å²) >= 11 is 5.98. The quantitative estimate of drug-likeness (QED) is 0.438. The topological polar surface area (TPSA) is 64.1 Å². The molecule has 2 heterocycles. The Morgan fingerprint density at radius 1 is 1.10 bits per heavy atom. The maximum atomic E-state index is 9.05. The van der Waals surface area contributed by atoms with E-state index in [1.54, 1.807) is 0 Å². The molecule has 0 aliphatic rings. The van der Waals surface area contributed by atoms with Crippen LogP contribution >= 0.6 is 11.6 Å². The highest BCUT2D eigenvalue weighted by Gasteiger charge is 2.08. The number of aryl methyl sites for hydroxylation is 1. The Hall–Kier alpha value is -2.14. The maximum Gasteiger partial charge on any atom is 0.129 e. The summed E-state index contributed by atoms with van der Waals surface area (Å²) in [5.41, 5.74) is 10.0. The first-order valence-corrected chi connectivity index (χ1v) is 10.9. The second kappa shape index (κ2) is 14.0. The lowest BCUT2D eigenvalue weighted by molar-refractivity contribution is 0.153. The van der Waals surface area contributed by atoms with Crippen LogP contribution in [0.5, 0.6) is 0 Å². The molecule has 3 rings (SSSR count). The van der Waals surface area contributed by atoms with Crippen LogP contribution in [0.2, 0.25) is 5.15 Å². The maximum absolute atomic E-state index is 9.05. The van der Waals surface area contributed by atoms with Crippen LogP contribution in [-0.4, -0.2) is 27.8 Å². The van der Waals surface area contributed by atoms with E-state index in [4.69, 9.17) is 16.7 Å². The number of nitrogens with zero attached hydrogens (tertiary/aromatic N) is 2. The van der Waals surface area contributed by atoms with Crippen molar-refractivity contribution in [2.45, 2.75) is 59.1 Å². The lowest BCUT2D eigenvalue weighted by Gasteiger charge is -2.06. The van der Waals surface area contributed by atoms with Crippen molar-refractivity contribution in [3.63, 3.8) is 0 Å². The second-order valence-corrected chi connectivity index (χ2v) is 7.52. The summed E-state index contributed by atoms with van der Waals surface area (Å²) in [6, 6.07) is 12.4. The van der Waals surface area contributed by atoms with Gasteiger partial charge in [0.2, 0.25) is 0 Å². The molecule has 0 saturated heterocycles. The Bertz CT molecular complexity index is 881. The Labute approximate surface area is 186 Å². The Morgan fingerprint density at radius 3 is 2.23 bits per heavy atom. The van der Waals surface area contributed by atoms with E-state index in [9.17, 15) is 0 Å². The summed E-state index contributed by atoms with van der Waals surface area (Å²) in [6.07, 6.45) is 7.98. The number of aromatic nitrogens is 2. The van der Waals surface area contributed by atoms with Gasteiger partial charge in [0.05, 0.1) is 17.1 Å². The number of aliphatic hydroxyl groups excluding tert-OH is 1. The van der Waals surface area contributed by atoms with Crippen LogP contribution in [0.3, 0.4) is 0 Å². The fourth-order valence-electron chi connectivity index (χ4n) is 3.15. The van der Waals surface area contributed by atoms with E-state index in [2.05, 4.69) is 73.1 Å². The number of nitrogens with two attached hydrogens (primary N) is 1. The molecule has 0 radical (unpaired) electrons. The van der Waals surface area contributed by atoms with Gasteiger partial charge in [0, 0.05) is 18.3 Å². The fourth-order valence-corrected chi connectivity index (χ4v) is 3.30. The molecule has 30 heavy (non-hydrogen) atoms. The Morgan fingerprint density at radius 2 is 1.70 bits per heavy atom. The van der Waals surface area contributed by atoms with Crippen LogP contribution in [0.1, 0.15) is 56.2 Å². The average Bonchev–Trinajstić information content (AvgIpc) is 3.08. The van der Waals surface area contributed by atoms with Crippen molar-refractivity contribution in [3.05, 3.63) is 71.0 Å². The molecule has 0 unspecified atom stereocenters. The van der Waals surface area contributed by atoms with Gasteiger partial charge in [-0.25, -0.2) is 4.98 Å². The molecule has 4 nitrogen and oxygen atoms in total. The molecule has 0 bridgehead atoms. The predicted molar refractivity (Wildman–Crippen MR) is 131 cm³/mol. The van der Waals surface area contributed by atoms with Crippen LogP contribution in [0.25, 0.3) is 17.1 Å². The summed E-state index contributed by atoms with van der Waals surface area (Å²) in [4.78, 5) is 4.40. The summed E-state index contributed by atoms with van der Waals surface area (Å²) in [6.45, 7) is 10.9. The molecule has 0 atom stereocenters. The van der Waals surface area contributed by atoms with Gasteiger partial charge in [-0.15, -0.1) is 0 Å². The number of fused-ring (bicyclic) bond motifs is 1. The number of aliphatic hydroxyl groups is 1. The molecule has 5 heteroatoms. The first-order valence-electron chi connectivity index (χ1n) is 10.6. The van der Waals surface area contributed by atoms with E-state index in [0.29, 0.717) is 5.15 Å². The molecule has 0 fully saturated rings. The van der Waals surface area contributed by atoms with Crippen molar-refractivity contribution in [1.82, 2.24) is 9.55 Å². The molecule has 0 saturated carbocycles. The van der Waals surface area contributed by atoms with Crippen LogP contribution in [0, 0.1) is 6.92 Å². The molecule has 3 N–H and O–H groups in total. The fraction of sp³-hybridized carbons (Fsp3) is 0.400. The van der Waals surface area contributed by atoms with E-state index in [0.717, 1.165) is 48.8 Å². The third kappa shape index (κ3) is 7.94. The highest BCUT2D eigenvalue weighted by Crippen LogP contribution is 2.23. The number of hydrogen-bond donors (Lipinski definition) is 2. The lowest BCUT2D eigenvalue weighted by Crippen LogP contribution is -2.03. The minimum Gasteiger partial charge on any atom is -0.393 e. The zero-order valence-corrected chi connectivity index (χ0v) is 19.5. The smallest absolute Gasteiger partial charge is 0.129 e. The summed E-state index contributed by atoms with van der Waals surface area (Å²) in [5.74, 6) is 0. The van der Waals surface area contributed by atoms with Gasteiger partial charge in [-0.05, 0) is 44.5 Å². The minimum atomic E-state index is -0.0370. The van der Waals surface area contributed by atoms with Crippen LogP contribution in [0.4, 0.5) is 0 Å². The van der Waals surface area contributed by atoms with Crippen LogP contribution in [0.15, 0.2) is 49.2 Å². The third-order valence-corrected chi connectivity index (χ3v) is 4.87. The number of benzene rings is 1. The number of rotatable bonds is 7. The Kier molecular flexibility index (Phi) is 12.1. The molecule has 3 aromatic rings. The van der Waals surface area contributed by atoms with Crippen molar-refractivity contribution in [3.8, 4) is 0 Å². The molecular formula is C25H36ClN3O. The number of pyridine rings is 1. The Balaban J connectivity index is 0.000000383. The minimum absolute atomic E-state index is 0.0370. The molecular weight excluding hydrogens is 394 g/mol. The average molecular weight is 430 g/mol. The van der Waals surface area contributed by atoms with Crippen molar-refractivity contribution in [2.75, 3.05) is 7.05 Å². The van der Waals surface area contributed by atoms with Gasteiger partial charge >= 0.3 is 0 Å². The molecule has 0 aliphatic carbocycles. The SMILES string of the molecule is C=Cc1cn(Cc2ccc(C)cc2)c2ccc(Cl)nc12.CCCC(O)CCC.CN. The summed E-state index contributed by atoms with van der Waals surface area (Å²) < 4.78 is 2.18. The normalized spacial score (nSPS) is 10.3. The zero-order valence-electron chi connectivity index (χ0n) is 18.7. The largest absolute Gasteiger partial charge is 0.393 e. The summed E-state index contributed by atoms with van der Waals surface area (Å²) in [5, 5.41) is 9.56. The van der Waals surface area contributed by atoms with Gasteiger partial charge in [0.1, 0.15) is 5.15 Å². The first-order chi connectivity index (χ1) is 14.5. The summed E-state index contributed by atoms with van der Waals surface area (Å²) in [7, 11) is 1.50. The van der Waals surface area contributed by atoms with Crippen LogP contribution < -0.4 is 5.73 Å². The molecule has 0 amide bonds. The monoisotopic (exact) mass is 429 g/mol. The predicted octanol–water partition coefficient (Wildman–Crippen LogP) is 6.21. The molecule has 1 aromatic carbocycles. The van der Waals surface area contributed by atoms with E-state index < -0.39 is 0 Å². The van der Waals surface area contributed by atoms with E-state index in [1.807, 2.05) is 18.2 Å². The van der Waals surface area contributed by atoms with E-state index in [1.165, 1.54) is 18.2 Å². The molecule has 0 spiro atoms. The number of hydrogen-bond acceptors (Lipinski definition) is 3. The first kappa shape index (κ1) is 25.9. The van der Waals surface area contributed by atoms with Gasteiger partial charge in [0.15, 0.2) is 0 Å². The highest BCUT2D eigenvalue weighted by atomic mass is 35.5. The van der Waals surface area contributed by atoms with Gasteiger partial charge in [-0.1, -0.05) is 80.8 Å². The molecule has 0 aliphatic heterocycles. The van der Waals surface area contributed by atoms with Crippen molar-refractivity contribution in [1.29, 1.82) is 0 Å². The number of halogens is 1. The molecule has 2 aromatic heterocycles. The van der Waals surface area contributed by atoms with Crippen molar-refractivity contribution < 1.29 is 5.11 Å². The van der Waals surface area contributed by atoms with Gasteiger partial charge < -0.3 is 15.4 Å². The van der Waals surface area contributed by atoms with E-state index >= 15 is 0 Å². The standard InChI is InChI=1S/C17H15ClN2.C7H16O.CH5N/c1-3-14-11-20(10-13-6-4-12(2)5-7-13)15-8-9-16(18)19-17(14)15;1-3-5-7(8)6-4-2;1-2/h3-9,11H,1,10H2,2H3;7-8H,3-6H2,1-2H3;2H2,1H3. The van der Waals surface area contributed by atoms with Crippen molar-refractivity contribution in [2.24, 2.45) is 5.73 Å². The van der Waals surface area contributed by atoms with Gasteiger partial charge in [-0.3, -0.25) is 0 Å². The lowest BCUT2D eigenvalue weighted by atomic mass is 10.1. The highest BCUT2D eigenvalue weighted by molar-refractivity contribution is 6.29.